The fourth-order valence-electron chi connectivity index (χ4n) is 5.94. The molecule has 13 nitrogen and oxygen atoms in total. The molecule has 4 rings (SSSR count). The summed E-state index contributed by atoms with van der Waals surface area (Å²) >= 11 is 0. The Hall–Kier alpha value is -5.01. The molecule has 2 atom stereocenters. The standard InChI is InChI=1S/C38H48N4O9/c1-4-7-8-9-31(32(5-2)42(26-44)51-38(47)28-12-10-27(11-13-28)23-41-18-20-48-21-19-41)36(45)39-25-40-37(46)34-17-16-33(50-34)29-14-15-30(24-43)35(22-29)49-6-3/h10-17,22,24,26,31-32H,4-9,18-21,23,25H2,1-3H3,(H,39,45)(H,40,46). The van der Waals surface area contributed by atoms with E-state index in [2.05, 4.69) is 15.5 Å². The summed E-state index contributed by atoms with van der Waals surface area (Å²) in [5.41, 5.74) is 2.35. The largest absolute Gasteiger partial charge is 0.493 e. The van der Waals surface area contributed by atoms with Gasteiger partial charge >= 0.3 is 5.97 Å². The van der Waals surface area contributed by atoms with E-state index in [4.69, 9.17) is 18.7 Å². The van der Waals surface area contributed by atoms with Crippen molar-refractivity contribution in [2.24, 2.45) is 5.92 Å². The summed E-state index contributed by atoms with van der Waals surface area (Å²) in [6, 6.07) is 14.4. The number of rotatable bonds is 20. The number of nitrogens with zero attached hydrogens (tertiary/aromatic N) is 2. The van der Waals surface area contributed by atoms with Crippen LogP contribution in [0.1, 0.15) is 89.7 Å². The number of hydroxylamine groups is 2. The number of aldehydes is 1. The van der Waals surface area contributed by atoms with Gasteiger partial charge < -0.3 is 29.4 Å². The summed E-state index contributed by atoms with van der Waals surface area (Å²) in [5.74, 6) is -1.53. The van der Waals surface area contributed by atoms with Gasteiger partial charge in [0.2, 0.25) is 12.3 Å². The predicted octanol–water partition coefficient (Wildman–Crippen LogP) is 5.00. The zero-order chi connectivity index (χ0) is 36.6. The van der Waals surface area contributed by atoms with Crippen LogP contribution in [-0.2, 0) is 25.7 Å². The number of ether oxygens (including phenoxy) is 2. The molecule has 0 bridgehead atoms. The minimum absolute atomic E-state index is 0.0239. The fourth-order valence-corrected chi connectivity index (χ4v) is 5.94. The summed E-state index contributed by atoms with van der Waals surface area (Å²) in [5, 5.41) is 6.31. The maximum absolute atomic E-state index is 13.5. The molecule has 1 aliphatic heterocycles. The van der Waals surface area contributed by atoms with E-state index < -0.39 is 29.7 Å². The molecule has 0 aliphatic carbocycles. The molecule has 2 aromatic carbocycles. The first-order chi connectivity index (χ1) is 24.8. The highest BCUT2D eigenvalue weighted by molar-refractivity contribution is 5.92. The van der Waals surface area contributed by atoms with Crippen LogP contribution < -0.4 is 15.4 Å². The molecule has 274 valence electrons. The van der Waals surface area contributed by atoms with Crippen molar-refractivity contribution in [3.05, 3.63) is 77.0 Å². The fraction of sp³-hybridized carbons (Fsp3) is 0.447. The Kier molecular flexibility index (Phi) is 15.2. The number of hydrogen-bond donors (Lipinski definition) is 2. The van der Waals surface area contributed by atoms with Crippen LogP contribution in [-0.4, -0.2) is 86.1 Å². The van der Waals surface area contributed by atoms with Gasteiger partial charge in [0.25, 0.3) is 5.91 Å². The maximum Gasteiger partial charge on any atom is 0.363 e. The van der Waals surface area contributed by atoms with Crippen LogP contribution in [0.2, 0.25) is 0 Å². The second kappa shape index (κ2) is 20.0. The molecule has 13 heteroatoms. The van der Waals surface area contributed by atoms with E-state index >= 15 is 0 Å². The third kappa shape index (κ3) is 11.0. The summed E-state index contributed by atoms with van der Waals surface area (Å²) in [6.45, 7) is 9.67. The van der Waals surface area contributed by atoms with Gasteiger partial charge in [0.15, 0.2) is 12.0 Å². The third-order valence-corrected chi connectivity index (χ3v) is 8.72. The van der Waals surface area contributed by atoms with Crippen molar-refractivity contribution in [2.45, 2.75) is 65.5 Å². The monoisotopic (exact) mass is 704 g/mol. The van der Waals surface area contributed by atoms with Crippen LogP contribution in [0.15, 0.2) is 59.0 Å². The topological polar surface area (TPSA) is 157 Å². The Morgan fingerprint density at radius 2 is 1.73 bits per heavy atom. The molecule has 0 radical (unpaired) electrons. The highest BCUT2D eigenvalue weighted by atomic mass is 16.7. The maximum atomic E-state index is 13.5. The molecule has 3 amide bonds. The Bertz CT molecular complexity index is 1600. The number of nitrogens with one attached hydrogen (secondary N) is 2. The minimum atomic E-state index is -0.737. The zero-order valence-electron chi connectivity index (χ0n) is 29.6. The van der Waals surface area contributed by atoms with Gasteiger partial charge in [0, 0.05) is 25.2 Å². The number of benzene rings is 2. The predicted molar refractivity (Wildman–Crippen MR) is 189 cm³/mol. The lowest BCUT2D eigenvalue weighted by molar-refractivity contribution is -0.171. The molecule has 1 fully saturated rings. The number of unbranched alkanes of at least 4 members (excludes halogenated alkanes) is 2. The highest BCUT2D eigenvalue weighted by Gasteiger charge is 2.33. The number of hydrogen-bond acceptors (Lipinski definition) is 10. The second-order valence-corrected chi connectivity index (χ2v) is 12.2. The van der Waals surface area contributed by atoms with Gasteiger partial charge in [-0.15, -0.1) is 0 Å². The van der Waals surface area contributed by atoms with Gasteiger partial charge in [-0.1, -0.05) is 51.3 Å². The lowest BCUT2D eigenvalue weighted by Crippen LogP contribution is -2.49. The number of carbonyl (C=O) groups is 5. The molecule has 2 N–H and O–H groups in total. The normalized spacial score (nSPS) is 14.2. The molecule has 0 spiro atoms. The van der Waals surface area contributed by atoms with Crippen LogP contribution in [0.4, 0.5) is 0 Å². The van der Waals surface area contributed by atoms with Crippen LogP contribution in [0.5, 0.6) is 5.75 Å². The van der Waals surface area contributed by atoms with Gasteiger partial charge in [-0.05, 0) is 61.7 Å². The number of furan rings is 1. The third-order valence-electron chi connectivity index (χ3n) is 8.72. The molecular formula is C38H48N4O9. The number of amides is 3. The average Bonchev–Trinajstić information content (AvgIpc) is 3.65. The first-order valence-corrected chi connectivity index (χ1v) is 17.5. The molecule has 3 aromatic rings. The lowest BCUT2D eigenvalue weighted by Gasteiger charge is -2.31. The zero-order valence-corrected chi connectivity index (χ0v) is 29.6. The SMILES string of the molecule is CCCCCC(C(=O)NCNC(=O)c1ccc(-c2ccc(C=O)c(OCC)c2)o1)C(CC)N(C=O)OC(=O)c1ccc(CN2CCOCC2)cc1. The van der Waals surface area contributed by atoms with Crippen molar-refractivity contribution in [2.75, 3.05) is 39.6 Å². The van der Waals surface area contributed by atoms with Crippen molar-refractivity contribution in [1.82, 2.24) is 20.6 Å². The number of morpholine rings is 1. The molecule has 1 saturated heterocycles. The summed E-state index contributed by atoms with van der Waals surface area (Å²) in [4.78, 5) is 71.0. The Morgan fingerprint density at radius 3 is 2.39 bits per heavy atom. The van der Waals surface area contributed by atoms with Gasteiger partial charge in [-0.2, -0.15) is 5.06 Å². The van der Waals surface area contributed by atoms with Crippen LogP contribution in [0.3, 0.4) is 0 Å². The molecule has 2 unspecified atom stereocenters. The molecule has 1 aliphatic rings. The van der Waals surface area contributed by atoms with Crippen molar-refractivity contribution in [3.63, 3.8) is 0 Å². The summed E-state index contributed by atoms with van der Waals surface area (Å²) < 4.78 is 16.7. The Labute approximate surface area is 298 Å². The first kappa shape index (κ1) is 38.8. The van der Waals surface area contributed by atoms with Crippen LogP contribution >= 0.6 is 0 Å². The first-order valence-electron chi connectivity index (χ1n) is 17.5. The molecular weight excluding hydrogens is 656 g/mol. The Morgan fingerprint density at radius 1 is 0.961 bits per heavy atom. The highest BCUT2D eigenvalue weighted by Crippen LogP contribution is 2.28. The molecule has 0 saturated carbocycles. The van der Waals surface area contributed by atoms with E-state index in [0.29, 0.717) is 68.0 Å². The van der Waals surface area contributed by atoms with Crippen molar-refractivity contribution in [3.8, 4) is 17.1 Å². The lowest BCUT2D eigenvalue weighted by atomic mass is 9.90. The average molecular weight is 705 g/mol. The Balaban J connectivity index is 1.36. The van der Waals surface area contributed by atoms with E-state index in [9.17, 15) is 24.0 Å². The van der Waals surface area contributed by atoms with Gasteiger partial charge in [0.1, 0.15) is 11.5 Å². The smallest absolute Gasteiger partial charge is 0.363 e. The van der Waals surface area contributed by atoms with Gasteiger partial charge in [-0.3, -0.25) is 24.1 Å². The van der Waals surface area contributed by atoms with Crippen LogP contribution in [0.25, 0.3) is 11.3 Å². The van der Waals surface area contributed by atoms with E-state index in [1.165, 1.54) is 6.07 Å². The molecule has 1 aromatic heterocycles. The van der Waals surface area contributed by atoms with Crippen molar-refractivity contribution >= 4 is 30.5 Å². The summed E-state index contributed by atoms with van der Waals surface area (Å²) in [7, 11) is 0. The quantitative estimate of drug-likeness (QED) is 0.0710. The number of carbonyl (C=O) groups excluding carboxylic acids is 5. The second-order valence-electron chi connectivity index (χ2n) is 12.2. The van der Waals surface area contributed by atoms with E-state index in [-0.39, 0.29) is 18.0 Å². The van der Waals surface area contributed by atoms with Crippen molar-refractivity contribution < 1.29 is 42.7 Å². The van der Waals surface area contributed by atoms with E-state index in [1.54, 1.807) is 36.4 Å². The van der Waals surface area contributed by atoms with Crippen molar-refractivity contribution in [1.29, 1.82) is 0 Å². The summed E-state index contributed by atoms with van der Waals surface area (Å²) in [6.07, 6.45) is 4.44. The van der Waals surface area contributed by atoms with Gasteiger partial charge in [-0.25, -0.2) is 4.79 Å². The van der Waals surface area contributed by atoms with E-state index in [1.807, 2.05) is 32.9 Å². The molecule has 51 heavy (non-hydrogen) atoms. The molecule has 2 heterocycles. The van der Waals surface area contributed by atoms with Crippen LogP contribution in [0, 0.1) is 5.92 Å². The van der Waals surface area contributed by atoms with Gasteiger partial charge in [0.05, 0.1) is 49.6 Å². The minimum Gasteiger partial charge on any atom is -0.493 e. The van der Waals surface area contributed by atoms with E-state index in [0.717, 1.165) is 49.5 Å².